The van der Waals surface area contributed by atoms with E-state index in [0.29, 0.717) is 17.1 Å². The molecule has 1 N–H and O–H groups in total. The molecule has 0 amide bonds. The minimum absolute atomic E-state index is 0.0317. The standard InChI is InChI=1S/C11H12N2O5S2/c1-6-10(7(2)18-12-6)13(3)20(16,17)8-4-9(11(14)15)19-5-8/h4-5H,1-3H3,(H,14,15). The molecule has 108 valence electrons. The normalized spacial score (nSPS) is 11.6. The predicted octanol–water partition coefficient (Wildman–Crippen LogP) is 1.88. The average Bonchev–Trinajstić information content (AvgIpc) is 2.96. The number of aromatic nitrogens is 1. The summed E-state index contributed by atoms with van der Waals surface area (Å²) in [4.78, 5) is 10.7. The average molecular weight is 316 g/mol. The van der Waals surface area contributed by atoms with E-state index in [-0.39, 0.29) is 9.77 Å². The second kappa shape index (κ2) is 4.91. The van der Waals surface area contributed by atoms with Crippen LogP contribution < -0.4 is 4.31 Å². The summed E-state index contributed by atoms with van der Waals surface area (Å²) in [5, 5.41) is 13.9. The third-order valence-electron chi connectivity index (χ3n) is 2.76. The summed E-state index contributed by atoms with van der Waals surface area (Å²) >= 11 is 0.863. The molecule has 2 aromatic heterocycles. The Balaban J connectivity index is 2.46. The van der Waals surface area contributed by atoms with Crippen molar-refractivity contribution in [3.63, 3.8) is 0 Å². The van der Waals surface area contributed by atoms with Gasteiger partial charge in [0.1, 0.15) is 16.3 Å². The van der Waals surface area contributed by atoms with E-state index in [1.807, 2.05) is 0 Å². The highest BCUT2D eigenvalue weighted by molar-refractivity contribution is 7.93. The fraction of sp³-hybridized carbons (Fsp3) is 0.273. The van der Waals surface area contributed by atoms with Gasteiger partial charge in [0, 0.05) is 12.4 Å². The van der Waals surface area contributed by atoms with E-state index in [1.54, 1.807) is 13.8 Å². The number of aromatic carboxylic acids is 1. The Morgan fingerprint density at radius 2 is 2.10 bits per heavy atom. The molecule has 0 fully saturated rings. The largest absolute Gasteiger partial charge is 0.477 e. The van der Waals surface area contributed by atoms with Gasteiger partial charge in [0.25, 0.3) is 10.0 Å². The zero-order valence-electron chi connectivity index (χ0n) is 10.9. The number of thiophene rings is 1. The van der Waals surface area contributed by atoms with Crippen LogP contribution in [0.15, 0.2) is 20.9 Å². The maximum atomic E-state index is 12.4. The first-order valence-electron chi connectivity index (χ1n) is 5.48. The molecule has 9 heteroatoms. The first-order chi connectivity index (χ1) is 9.25. The van der Waals surface area contributed by atoms with Gasteiger partial charge in [-0.15, -0.1) is 11.3 Å². The summed E-state index contributed by atoms with van der Waals surface area (Å²) in [5.74, 6) is -0.779. The highest BCUT2D eigenvalue weighted by Gasteiger charge is 2.28. The zero-order chi connectivity index (χ0) is 15.1. The van der Waals surface area contributed by atoms with E-state index in [0.717, 1.165) is 21.7 Å². The molecule has 0 aliphatic carbocycles. The summed E-state index contributed by atoms with van der Waals surface area (Å²) in [5.41, 5.74) is 0.801. The summed E-state index contributed by atoms with van der Waals surface area (Å²) in [6.07, 6.45) is 0. The van der Waals surface area contributed by atoms with Crippen molar-refractivity contribution in [2.45, 2.75) is 18.7 Å². The van der Waals surface area contributed by atoms with E-state index in [4.69, 9.17) is 9.63 Å². The molecule has 0 bridgehead atoms. The van der Waals surface area contributed by atoms with Gasteiger partial charge in [-0.2, -0.15) is 0 Å². The zero-order valence-corrected chi connectivity index (χ0v) is 12.6. The Hall–Kier alpha value is -1.87. The summed E-state index contributed by atoms with van der Waals surface area (Å²) in [7, 11) is -2.46. The quantitative estimate of drug-likeness (QED) is 0.924. The van der Waals surface area contributed by atoms with Gasteiger partial charge in [-0.3, -0.25) is 4.31 Å². The monoisotopic (exact) mass is 316 g/mol. The number of carbonyl (C=O) groups is 1. The lowest BCUT2D eigenvalue weighted by Gasteiger charge is -2.17. The van der Waals surface area contributed by atoms with Crippen molar-refractivity contribution in [1.82, 2.24) is 5.16 Å². The molecule has 0 atom stereocenters. The number of carboxylic acids is 1. The summed E-state index contributed by atoms with van der Waals surface area (Å²) in [6, 6.07) is 1.14. The van der Waals surface area contributed by atoms with E-state index < -0.39 is 16.0 Å². The van der Waals surface area contributed by atoms with Crippen molar-refractivity contribution < 1.29 is 22.8 Å². The number of anilines is 1. The summed E-state index contributed by atoms with van der Waals surface area (Å²) < 4.78 is 30.9. The first kappa shape index (κ1) is 14.5. The van der Waals surface area contributed by atoms with Crippen LogP contribution in [0.2, 0.25) is 0 Å². The number of nitrogens with zero attached hydrogens (tertiary/aromatic N) is 2. The number of carboxylic acid groups (broad SMARTS) is 1. The molecule has 2 aromatic rings. The van der Waals surface area contributed by atoms with Gasteiger partial charge in [-0.1, -0.05) is 5.16 Å². The maximum Gasteiger partial charge on any atom is 0.345 e. The van der Waals surface area contributed by atoms with Crippen molar-refractivity contribution in [3.05, 3.63) is 27.8 Å². The molecule has 0 saturated heterocycles. The third kappa shape index (κ3) is 2.29. The van der Waals surface area contributed by atoms with Crippen LogP contribution in [0.4, 0.5) is 5.69 Å². The molecule has 0 spiro atoms. The van der Waals surface area contributed by atoms with Crippen molar-refractivity contribution in [2.24, 2.45) is 0 Å². The molecule has 0 aliphatic heterocycles. The van der Waals surface area contributed by atoms with Crippen molar-refractivity contribution in [3.8, 4) is 0 Å². The molecule has 0 radical (unpaired) electrons. The van der Waals surface area contributed by atoms with Gasteiger partial charge in [-0.05, 0) is 19.9 Å². The Kier molecular flexibility index (Phi) is 3.57. The third-order valence-corrected chi connectivity index (χ3v) is 5.56. The van der Waals surface area contributed by atoms with Crippen molar-refractivity contribution >= 4 is 33.0 Å². The molecule has 20 heavy (non-hydrogen) atoms. The van der Waals surface area contributed by atoms with Gasteiger partial charge < -0.3 is 9.63 Å². The molecule has 0 unspecified atom stereocenters. The van der Waals surface area contributed by atoms with Crippen LogP contribution in [-0.2, 0) is 10.0 Å². The van der Waals surface area contributed by atoms with Crippen LogP contribution >= 0.6 is 11.3 Å². The van der Waals surface area contributed by atoms with E-state index in [2.05, 4.69) is 5.16 Å². The highest BCUT2D eigenvalue weighted by atomic mass is 32.2. The molecule has 0 saturated carbocycles. The van der Waals surface area contributed by atoms with Crippen LogP contribution in [0.25, 0.3) is 0 Å². The van der Waals surface area contributed by atoms with E-state index in [9.17, 15) is 13.2 Å². The van der Waals surface area contributed by atoms with Gasteiger partial charge in [-0.25, -0.2) is 13.2 Å². The fourth-order valence-corrected chi connectivity index (χ4v) is 4.17. The van der Waals surface area contributed by atoms with Crippen LogP contribution in [0, 0.1) is 13.8 Å². The van der Waals surface area contributed by atoms with Crippen LogP contribution in [-0.4, -0.2) is 31.7 Å². The molecule has 7 nitrogen and oxygen atoms in total. The molecular formula is C11H12N2O5S2. The maximum absolute atomic E-state index is 12.4. The lowest BCUT2D eigenvalue weighted by Crippen LogP contribution is -2.27. The van der Waals surface area contributed by atoms with Crippen molar-refractivity contribution in [2.75, 3.05) is 11.4 Å². The smallest absolute Gasteiger partial charge is 0.345 e. The van der Waals surface area contributed by atoms with Crippen LogP contribution in [0.5, 0.6) is 0 Å². The second-order valence-corrected chi connectivity index (χ2v) is 6.98. The second-order valence-electron chi connectivity index (χ2n) is 4.10. The molecule has 0 aliphatic rings. The Bertz CT molecular complexity index is 740. The van der Waals surface area contributed by atoms with Gasteiger partial charge in [0.15, 0.2) is 5.76 Å². The number of hydrogen-bond acceptors (Lipinski definition) is 6. The molecule has 0 aromatic carbocycles. The number of sulfonamides is 1. The highest BCUT2D eigenvalue weighted by Crippen LogP contribution is 2.30. The predicted molar refractivity (Wildman–Crippen MR) is 72.8 cm³/mol. The fourth-order valence-electron chi connectivity index (χ4n) is 1.77. The summed E-state index contributed by atoms with van der Waals surface area (Å²) in [6.45, 7) is 3.24. The van der Waals surface area contributed by atoms with Gasteiger partial charge >= 0.3 is 5.97 Å². The van der Waals surface area contributed by atoms with Crippen molar-refractivity contribution in [1.29, 1.82) is 0 Å². The Morgan fingerprint density at radius 3 is 2.55 bits per heavy atom. The minimum atomic E-state index is -3.84. The van der Waals surface area contributed by atoms with Gasteiger partial charge in [0.2, 0.25) is 0 Å². The minimum Gasteiger partial charge on any atom is -0.477 e. The molecular weight excluding hydrogens is 304 g/mol. The number of aryl methyl sites for hydroxylation is 2. The SMILES string of the molecule is Cc1noc(C)c1N(C)S(=O)(=O)c1csc(C(=O)O)c1. The van der Waals surface area contributed by atoms with Gasteiger partial charge in [0.05, 0.1) is 4.90 Å². The van der Waals surface area contributed by atoms with E-state index >= 15 is 0 Å². The lowest BCUT2D eigenvalue weighted by molar-refractivity contribution is 0.0702. The molecule has 2 heterocycles. The number of hydrogen-bond donors (Lipinski definition) is 1. The first-order valence-corrected chi connectivity index (χ1v) is 7.80. The Morgan fingerprint density at radius 1 is 1.45 bits per heavy atom. The topological polar surface area (TPSA) is 101 Å². The van der Waals surface area contributed by atoms with Crippen LogP contribution in [0.1, 0.15) is 21.1 Å². The molecule has 2 rings (SSSR count). The van der Waals surface area contributed by atoms with Crippen LogP contribution in [0.3, 0.4) is 0 Å². The number of rotatable bonds is 4. The van der Waals surface area contributed by atoms with E-state index in [1.165, 1.54) is 12.4 Å². The Labute approximate surface area is 119 Å². The lowest BCUT2D eigenvalue weighted by atomic mass is 10.3.